The van der Waals surface area contributed by atoms with Gasteiger partial charge in [-0.1, -0.05) is 0 Å². The van der Waals surface area contributed by atoms with Crippen molar-refractivity contribution in [1.82, 2.24) is 0 Å². The minimum absolute atomic E-state index is 0.0508. The van der Waals surface area contributed by atoms with Crippen molar-refractivity contribution >= 4 is 17.7 Å². The molecule has 0 aliphatic carbocycles. The van der Waals surface area contributed by atoms with Crippen LogP contribution in [0.3, 0.4) is 0 Å². The van der Waals surface area contributed by atoms with E-state index in [1.165, 1.54) is 19.1 Å². The van der Waals surface area contributed by atoms with E-state index >= 15 is 0 Å². The van der Waals surface area contributed by atoms with Crippen LogP contribution < -0.4 is 5.32 Å². The maximum Gasteiger partial charge on any atom is 0.293 e. The predicted octanol–water partition coefficient (Wildman–Crippen LogP) is 0.562. The van der Waals surface area contributed by atoms with E-state index in [1.54, 1.807) is 0 Å². The summed E-state index contributed by atoms with van der Waals surface area (Å²) in [5, 5.41) is 31.9. The number of benzene rings is 1. The van der Waals surface area contributed by atoms with Gasteiger partial charge in [0.2, 0.25) is 0 Å². The number of hydrogen-bond donors (Lipinski definition) is 3. The van der Waals surface area contributed by atoms with Crippen LogP contribution in [0.4, 0.5) is 11.4 Å². The number of nitrogens with zero attached hydrogens (tertiary/aromatic N) is 1. The minimum Gasteiger partial charge on any atom is -0.393 e. The predicted molar refractivity (Wildman–Crippen MR) is 64.7 cm³/mol. The Kier molecular flexibility index (Phi) is 4.35. The third-order valence-corrected chi connectivity index (χ3v) is 2.35. The molecule has 0 amide bonds. The third-order valence-electron chi connectivity index (χ3n) is 2.35. The van der Waals surface area contributed by atoms with Gasteiger partial charge in [0, 0.05) is 18.2 Å². The van der Waals surface area contributed by atoms with Gasteiger partial charge in [-0.3, -0.25) is 14.9 Å². The molecule has 0 spiro atoms. The van der Waals surface area contributed by atoms with E-state index in [0.29, 0.717) is 6.29 Å². The molecule has 1 rings (SSSR count). The normalized spacial score (nSPS) is 13.7. The van der Waals surface area contributed by atoms with E-state index in [0.717, 1.165) is 6.07 Å². The van der Waals surface area contributed by atoms with Gasteiger partial charge in [-0.25, -0.2) is 0 Å². The van der Waals surface area contributed by atoms with Gasteiger partial charge >= 0.3 is 0 Å². The number of carbonyl (C=O) groups excluding carboxylic acids is 1. The first-order chi connectivity index (χ1) is 8.39. The second-order valence-electron chi connectivity index (χ2n) is 4.16. The van der Waals surface area contributed by atoms with E-state index in [9.17, 15) is 20.0 Å². The van der Waals surface area contributed by atoms with Gasteiger partial charge < -0.3 is 15.5 Å². The Labute approximate surface area is 103 Å². The molecule has 3 N–H and O–H groups in total. The first-order valence-electron chi connectivity index (χ1n) is 5.20. The smallest absolute Gasteiger partial charge is 0.293 e. The molecule has 0 radical (unpaired) electrons. The van der Waals surface area contributed by atoms with Gasteiger partial charge in [0.15, 0.2) is 0 Å². The second kappa shape index (κ2) is 5.56. The van der Waals surface area contributed by atoms with Gasteiger partial charge in [-0.15, -0.1) is 0 Å². The highest BCUT2D eigenvalue weighted by atomic mass is 16.6. The zero-order valence-electron chi connectivity index (χ0n) is 9.79. The number of aliphatic hydroxyl groups excluding tert-OH is 1. The van der Waals surface area contributed by atoms with Gasteiger partial charge in [0.25, 0.3) is 5.69 Å². The third kappa shape index (κ3) is 3.51. The summed E-state index contributed by atoms with van der Waals surface area (Å²) in [6.45, 7) is 0.872. The molecule has 0 aromatic heterocycles. The Bertz CT molecular complexity index is 459. The molecule has 1 atom stereocenters. The zero-order valence-corrected chi connectivity index (χ0v) is 9.79. The summed E-state index contributed by atoms with van der Waals surface area (Å²) in [5.41, 5.74) is -1.26. The van der Waals surface area contributed by atoms with E-state index in [-0.39, 0.29) is 23.5 Å². The minimum atomic E-state index is -1.38. The number of rotatable bonds is 6. The van der Waals surface area contributed by atoms with E-state index < -0.39 is 17.1 Å². The molecular formula is C11H14N2O5. The first-order valence-corrected chi connectivity index (χ1v) is 5.20. The molecule has 18 heavy (non-hydrogen) atoms. The molecule has 0 saturated heterocycles. The summed E-state index contributed by atoms with van der Waals surface area (Å²) in [7, 11) is 0. The lowest BCUT2D eigenvalue weighted by Gasteiger charge is -2.21. The highest BCUT2D eigenvalue weighted by molar-refractivity contribution is 5.79. The van der Waals surface area contributed by atoms with Crippen molar-refractivity contribution in [2.45, 2.75) is 12.5 Å². The van der Waals surface area contributed by atoms with Gasteiger partial charge in [0.1, 0.15) is 17.6 Å². The Morgan fingerprint density at radius 2 is 2.22 bits per heavy atom. The Balaban J connectivity index is 2.95. The summed E-state index contributed by atoms with van der Waals surface area (Å²) in [6, 6.07) is 3.95. The standard InChI is InChI=1S/C11H14N2O5/c1-11(16,7-15)6-12-9-3-2-8(5-14)4-10(9)13(17)18/h2-5,12,15-16H,6-7H2,1H3. The van der Waals surface area contributed by atoms with Crippen molar-refractivity contribution in [3.8, 4) is 0 Å². The number of aliphatic hydroxyl groups is 2. The van der Waals surface area contributed by atoms with Gasteiger partial charge in [-0.05, 0) is 19.1 Å². The molecule has 0 aliphatic heterocycles. The zero-order chi connectivity index (χ0) is 13.8. The lowest BCUT2D eigenvalue weighted by Crippen LogP contribution is -2.37. The number of nitro groups is 1. The molecule has 0 aliphatic rings. The number of hydrogen-bond acceptors (Lipinski definition) is 6. The molecule has 0 heterocycles. The van der Waals surface area contributed by atoms with Crippen molar-refractivity contribution in [3.05, 3.63) is 33.9 Å². The van der Waals surface area contributed by atoms with Crippen molar-refractivity contribution in [2.24, 2.45) is 0 Å². The van der Waals surface area contributed by atoms with Crippen LogP contribution in [0.5, 0.6) is 0 Å². The molecule has 1 unspecified atom stereocenters. The van der Waals surface area contributed by atoms with Crippen molar-refractivity contribution < 1.29 is 19.9 Å². The molecular weight excluding hydrogens is 240 g/mol. The first kappa shape index (κ1) is 14.1. The monoisotopic (exact) mass is 254 g/mol. The fraction of sp³-hybridized carbons (Fsp3) is 0.364. The molecule has 98 valence electrons. The lowest BCUT2D eigenvalue weighted by atomic mass is 10.1. The number of nitro benzene ring substituents is 1. The average Bonchev–Trinajstić information content (AvgIpc) is 2.36. The largest absolute Gasteiger partial charge is 0.393 e. The van der Waals surface area contributed by atoms with Crippen LogP contribution >= 0.6 is 0 Å². The van der Waals surface area contributed by atoms with Crippen molar-refractivity contribution in [1.29, 1.82) is 0 Å². The fourth-order valence-electron chi connectivity index (χ4n) is 1.26. The highest BCUT2D eigenvalue weighted by Crippen LogP contribution is 2.25. The number of anilines is 1. The maximum absolute atomic E-state index is 10.8. The summed E-state index contributed by atoms with van der Waals surface area (Å²) in [4.78, 5) is 20.7. The summed E-state index contributed by atoms with van der Waals surface area (Å²) >= 11 is 0. The van der Waals surface area contributed by atoms with Gasteiger partial charge in [-0.2, -0.15) is 0 Å². The number of aldehydes is 1. The Morgan fingerprint density at radius 3 is 2.72 bits per heavy atom. The van der Waals surface area contributed by atoms with Crippen LogP contribution in [0.15, 0.2) is 18.2 Å². The Morgan fingerprint density at radius 1 is 1.56 bits per heavy atom. The van der Waals surface area contributed by atoms with Crippen LogP contribution in [-0.2, 0) is 0 Å². The van der Waals surface area contributed by atoms with Crippen LogP contribution in [0.2, 0.25) is 0 Å². The van der Waals surface area contributed by atoms with Crippen molar-refractivity contribution in [3.63, 3.8) is 0 Å². The molecule has 1 aromatic rings. The van der Waals surface area contributed by atoms with Crippen LogP contribution in [0.1, 0.15) is 17.3 Å². The van der Waals surface area contributed by atoms with Crippen LogP contribution in [-0.4, -0.2) is 40.2 Å². The van der Waals surface area contributed by atoms with E-state index in [4.69, 9.17) is 5.11 Å². The summed E-state index contributed by atoms with van der Waals surface area (Å²) < 4.78 is 0. The number of carbonyl (C=O) groups is 1. The SMILES string of the molecule is CC(O)(CO)CNc1ccc(C=O)cc1[N+](=O)[O-]. The topological polar surface area (TPSA) is 113 Å². The van der Waals surface area contributed by atoms with E-state index in [1.807, 2.05) is 0 Å². The molecule has 0 fully saturated rings. The summed E-state index contributed by atoms with van der Waals surface area (Å²) in [5.74, 6) is 0. The Hall–Kier alpha value is -1.99. The van der Waals surface area contributed by atoms with E-state index in [2.05, 4.69) is 5.32 Å². The lowest BCUT2D eigenvalue weighted by molar-refractivity contribution is -0.384. The molecule has 0 saturated carbocycles. The quantitative estimate of drug-likeness (QED) is 0.388. The second-order valence-corrected chi connectivity index (χ2v) is 4.16. The van der Waals surface area contributed by atoms with Gasteiger partial charge in [0.05, 0.1) is 11.5 Å². The average molecular weight is 254 g/mol. The fourth-order valence-corrected chi connectivity index (χ4v) is 1.26. The van der Waals surface area contributed by atoms with Crippen LogP contribution in [0.25, 0.3) is 0 Å². The molecule has 0 bridgehead atoms. The molecule has 7 nitrogen and oxygen atoms in total. The maximum atomic E-state index is 10.8. The van der Waals surface area contributed by atoms with Crippen LogP contribution in [0, 0.1) is 10.1 Å². The highest BCUT2D eigenvalue weighted by Gasteiger charge is 2.21. The molecule has 1 aromatic carbocycles. The summed E-state index contributed by atoms with van der Waals surface area (Å²) in [6.07, 6.45) is 0.515. The number of nitrogens with one attached hydrogen (secondary N) is 1. The molecule has 7 heteroatoms. The van der Waals surface area contributed by atoms with Crippen molar-refractivity contribution in [2.75, 3.05) is 18.5 Å².